The zero-order valence-corrected chi connectivity index (χ0v) is 10.7. The molecule has 0 aliphatic carbocycles. The van der Waals surface area contributed by atoms with Crippen molar-refractivity contribution in [3.8, 4) is 0 Å². The van der Waals surface area contributed by atoms with Crippen LogP contribution in [0.25, 0.3) is 0 Å². The quantitative estimate of drug-likeness (QED) is 0.687. The van der Waals surface area contributed by atoms with Crippen molar-refractivity contribution in [2.75, 3.05) is 0 Å². The largest absolute Gasteiger partial charge is 0.205 e. The lowest BCUT2D eigenvalue weighted by Gasteiger charge is -2.09. The Morgan fingerprint density at radius 3 is 2.73 bits per heavy atom. The number of benzene rings is 1. The van der Waals surface area contributed by atoms with Gasteiger partial charge >= 0.3 is 0 Å². The van der Waals surface area contributed by atoms with Crippen LogP contribution >= 0.6 is 38.9 Å². The summed E-state index contributed by atoms with van der Waals surface area (Å²) >= 11 is 10.9. The van der Waals surface area contributed by atoms with E-state index in [0.717, 1.165) is 4.88 Å². The summed E-state index contributed by atoms with van der Waals surface area (Å²) < 4.78 is 14.2. The minimum absolute atomic E-state index is 0.286. The molecule has 0 nitrogen and oxygen atoms in total. The molecule has 0 radical (unpaired) electrons. The lowest BCUT2D eigenvalue weighted by Crippen LogP contribution is -1.95. The van der Waals surface area contributed by atoms with Crippen LogP contribution in [0.1, 0.15) is 15.8 Å². The third-order valence-electron chi connectivity index (χ3n) is 2.05. The number of rotatable bonds is 2. The minimum Gasteiger partial charge on any atom is -0.205 e. The predicted octanol–water partition coefficient (Wildman–Crippen LogP) is 4.98. The van der Waals surface area contributed by atoms with Gasteiger partial charge in [-0.25, -0.2) is 4.39 Å². The van der Waals surface area contributed by atoms with E-state index in [-0.39, 0.29) is 5.82 Å². The molecule has 0 amide bonds. The highest BCUT2D eigenvalue weighted by Gasteiger charge is 2.17. The van der Waals surface area contributed by atoms with Crippen LogP contribution in [0.3, 0.4) is 0 Å². The molecule has 0 aliphatic rings. The molecule has 78 valence electrons. The number of hydrogen-bond donors (Lipinski definition) is 0. The summed E-state index contributed by atoms with van der Waals surface area (Å²) in [7, 11) is 0. The highest BCUT2D eigenvalue weighted by atomic mass is 79.9. The summed E-state index contributed by atoms with van der Waals surface area (Å²) in [6, 6.07) is 8.97. The summed E-state index contributed by atoms with van der Waals surface area (Å²) in [5.74, 6) is -0.286. The van der Waals surface area contributed by atoms with Crippen LogP contribution in [0.15, 0.2) is 40.2 Å². The fraction of sp³-hybridized carbons (Fsp3) is 0.0909. The van der Waals surface area contributed by atoms with E-state index in [9.17, 15) is 4.39 Å². The number of halogens is 3. The van der Waals surface area contributed by atoms with Crippen molar-refractivity contribution in [1.29, 1.82) is 0 Å². The van der Waals surface area contributed by atoms with Crippen LogP contribution in [0.5, 0.6) is 0 Å². The van der Waals surface area contributed by atoms with Gasteiger partial charge in [-0.15, -0.1) is 22.9 Å². The minimum atomic E-state index is -0.414. The molecule has 15 heavy (non-hydrogen) atoms. The van der Waals surface area contributed by atoms with E-state index in [1.165, 1.54) is 11.3 Å². The average molecular weight is 306 g/mol. The highest BCUT2D eigenvalue weighted by molar-refractivity contribution is 9.10. The molecule has 0 bridgehead atoms. The summed E-state index contributed by atoms with van der Waals surface area (Å²) in [6.07, 6.45) is 0. The maximum atomic E-state index is 13.7. The van der Waals surface area contributed by atoms with Gasteiger partial charge in [0.2, 0.25) is 0 Å². The maximum Gasteiger partial charge on any atom is 0.142 e. The molecule has 0 saturated heterocycles. The summed E-state index contributed by atoms with van der Waals surface area (Å²) in [4.78, 5) is 0.952. The fourth-order valence-electron chi connectivity index (χ4n) is 1.30. The molecule has 4 heteroatoms. The molecule has 0 aliphatic heterocycles. The SMILES string of the molecule is Fc1c(Br)cccc1C(Cl)c1cccs1. The number of thiophene rings is 1. The van der Waals surface area contributed by atoms with Gasteiger partial charge < -0.3 is 0 Å². The molecule has 1 unspecified atom stereocenters. The molecule has 1 atom stereocenters. The van der Waals surface area contributed by atoms with E-state index >= 15 is 0 Å². The van der Waals surface area contributed by atoms with Crippen LogP contribution in [-0.4, -0.2) is 0 Å². The van der Waals surface area contributed by atoms with Gasteiger partial charge in [-0.2, -0.15) is 0 Å². The van der Waals surface area contributed by atoms with Crippen molar-refractivity contribution in [2.24, 2.45) is 0 Å². The fourth-order valence-corrected chi connectivity index (χ4v) is 2.80. The first-order valence-corrected chi connectivity index (χ1v) is 6.42. The first-order valence-electron chi connectivity index (χ1n) is 4.31. The molecule has 0 saturated carbocycles. The van der Waals surface area contributed by atoms with E-state index in [2.05, 4.69) is 15.9 Å². The van der Waals surface area contributed by atoms with E-state index in [1.54, 1.807) is 18.2 Å². The Kier molecular flexibility index (Phi) is 3.44. The van der Waals surface area contributed by atoms with Crippen molar-refractivity contribution >= 4 is 38.9 Å². The summed E-state index contributed by atoms with van der Waals surface area (Å²) in [5, 5.41) is 1.52. The van der Waals surface area contributed by atoms with Crippen LogP contribution in [0, 0.1) is 5.82 Å². The monoisotopic (exact) mass is 304 g/mol. The van der Waals surface area contributed by atoms with Crippen molar-refractivity contribution in [1.82, 2.24) is 0 Å². The van der Waals surface area contributed by atoms with Crippen LogP contribution in [0.4, 0.5) is 4.39 Å². The number of hydrogen-bond acceptors (Lipinski definition) is 1. The molecular formula is C11H7BrClFS. The van der Waals surface area contributed by atoms with Gasteiger partial charge in [0.25, 0.3) is 0 Å². The molecule has 2 rings (SSSR count). The van der Waals surface area contributed by atoms with Gasteiger partial charge in [0.1, 0.15) is 5.82 Å². The van der Waals surface area contributed by atoms with Crippen molar-refractivity contribution < 1.29 is 4.39 Å². The highest BCUT2D eigenvalue weighted by Crippen LogP contribution is 2.35. The van der Waals surface area contributed by atoms with Gasteiger partial charge in [0, 0.05) is 10.4 Å². The number of alkyl halides is 1. The smallest absolute Gasteiger partial charge is 0.142 e. The molecule has 1 heterocycles. The lowest BCUT2D eigenvalue weighted by atomic mass is 10.1. The van der Waals surface area contributed by atoms with E-state index in [1.807, 2.05) is 17.5 Å². The summed E-state index contributed by atoms with van der Waals surface area (Å²) in [5.41, 5.74) is 0.508. The molecular weight excluding hydrogens is 299 g/mol. The van der Waals surface area contributed by atoms with Crippen molar-refractivity contribution in [3.63, 3.8) is 0 Å². The lowest BCUT2D eigenvalue weighted by molar-refractivity contribution is 0.606. The van der Waals surface area contributed by atoms with E-state index in [4.69, 9.17) is 11.6 Å². The van der Waals surface area contributed by atoms with E-state index in [0.29, 0.717) is 10.0 Å². The Hall–Kier alpha value is -0.380. The van der Waals surface area contributed by atoms with Gasteiger partial charge in [0.05, 0.1) is 9.85 Å². The van der Waals surface area contributed by atoms with Crippen molar-refractivity contribution in [3.05, 3.63) is 56.4 Å². The van der Waals surface area contributed by atoms with Crippen LogP contribution in [0.2, 0.25) is 0 Å². The molecule has 0 fully saturated rings. The second-order valence-electron chi connectivity index (χ2n) is 3.02. The third-order valence-corrected chi connectivity index (χ3v) is 4.20. The van der Waals surface area contributed by atoms with Crippen LogP contribution < -0.4 is 0 Å². The first kappa shape index (κ1) is 11.1. The van der Waals surface area contributed by atoms with Gasteiger partial charge in [0.15, 0.2) is 0 Å². The van der Waals surface area contributed by atoms with Gasteiger partial charge in [-0.05, 0) is 33.4 Å². The van der Waals surface area contributed by atoms with E-state index < -0.39 is 5.38 Å². The van der Waals surface area contributed by atoms with Crippen LogP contribution in [-0.2, 0) is 0 Å². The molecule has 1 aromatic heterocycles. The molecule has 0 spiro atoms. The Morgan fingerprint density at radius 2 is 2.07 bits per heavy atom. The molecule has 2 aromatic rings. The normalized spacial score (nSPS) is 12.7. The topological polar surface area (TPSA) is 0 Å². The third kappa shape index (κ3) is 2.25. The first-order chi connectivity index (χ1) is 7.20. The Labute approximate surface area is 105 Å². The van der Waals surface area contributed by atoms with Crippen molar-refractivity contribution in [2.45, 2.75) is 5.38 Å². The predicted molar refractivity (Wildman–Crippen MR) is 66.1 cm³/mol. The average Bonchev–Trinajstić information content (AvgIpc) is 2.74. The molecule has 1 aromatic carbocycles. The standard InChI is InChI=1S/C11H7BrClFS/c12-8-4-1-3-7(11(8)14)10(13)9-5-2-6-15-9/h1-6,10H. The maximum absolute atomic E-state index is 13.7. The molecule has 0 N–H and O–H groups in total. The second kappa shape index (κ2) is 4.64. The summed E-state index contributed by atoms with van der Waals surface area (Å²) in [6.45, 7) is 0. The van der Waals surface area contributed by atoms with Gasteiger partial charge in [-0.3, -0.25) is 0 Å². The zero-order valence-electron chi connectivity index (χ0n) is 7.58. The Balaban J connectivity index is 2.42. The van der Waals surface area contributed by atoms with Gasteiger partial charge in [-0.1, -0.05) is 18.2 Å². The Morgan fingerprint density at radius 1 is 1.27 bits per heavy atom. The Bertz CT molecular complexity index is 456. The second-order valence-corrected chi connectivity index (χ2v) is 5.29. The zero-order chi connectivity index (χ0) is 10.8.